The second kappa shape index (κ2) is 7.23. The van der Waals surface area contributed by atoms with E-state index in [0.717, 1.165) is 36.8 Å². The van der Waals surface area contributed by atoms with Crippen molar-refractivity contribution in [1.29, 1.82) is 0 Å². The van der Waals surface area contributed by atoms with E-state index in [2.05, 4.69) is 22.0 Å². The summed E-state index contributed by atoms with van der Waals surface area (Å²) in [5, 5.41) is 0. The summed E-state index contributed by atoms with van der Waals surface area (Å²) < 4.78 is 1.08. The third-order valence-electron chi connectivity index (χ3n) is 4.12. The van der Waals surface area contributed by atoms with Crippen LogP contribution < -0.4 is 5.73 Å². The van der Waals surface area contributed by atoms with E-state index < -0.39 is 0 Å². The quantitative estimate of drug-likeness (QED) is 0.917. The van der Waals surface area contributed by atoms with E-state index in [1.165, 1.54) is 5.56 Å². The van der Waals surface area contributed by atoms with E-state index in [1.807, 2.05) is 30.0 Å². The third kappa shape index (κ3) is 4.06. The number of amides is 1. The van der Waals surface area contributed by atoms with Crippen molar-refractivity contribution in [2.75, 3.05) is 13.1 Å². The predicted molar refractivity (Wildman–Crippen MR) is 85.4 cm³/mol. The van der Waals surface area contributed by atoms with Crippen LogP contribution in [0.3, 0.4) is 0 Å². The molecule has 0 radical (unpaired) electrons. The number of piperidine rings is 1. The summed E-state index contributed by atoms with van der Waals surface area (Å²) in [6.07, 6.45) is 3.59. The van der Waals surface area contributed by atoms with Crippen LogP contribution in [0.15, 0.2) is 28.7 Å². The Morgan fingerprint density at radius 3 is 2.95 bits per heavy atom. The molecule has 110 valence electrons. The Hall–Kier alpha value is -0.870. The van der Waals surface area contributed by atoms with Crippen LogP contribution in [0.4, 0.5) is 0 Å². The van der Waals surface area contributed by atoms with Crippen LogP contribution in [0.25, 0.3) is 0 Å². The molecule has 0 spiro atoms. The molecule has 1 saturated heterocycles. The Kier molecular flexibility index (Phi) is 5.61. The molecule has 0 aliphatic carbocycles. The summed E-state index contributed by atoms with van der Waals surface area (Å²) >= 11 is 3.53. The lowest BCUT2D eigenvalue weighted by Gasteiger charge is -2.34. The van der Waals surface area contributed by atoms with Crippen LogP contribution in [-0.4, -0.2) is 29.9 Å². The first-order valence-electron chi connectivity index (χ1n) is 7.34. The van der Waals surface area contributed by atoms with Crippen molar-refractivity contribution in [1.82, 2.24) is 4.90 Å². The fraction of sp³-hybridized carbons (Fsp3) is 0.562. The molecule has 1 aliphatic heterocycles. The van der Waals surface area contributed by atoms with E-state index in [-0.39, 0.29) is 11.9 Å². The molecule has 2 N–H and O–H groups in total. The van der Waals surface area contributed by atoms with Gasteiger partial charge in [0.1, 0.15) is 0 Å². The van der Waals surface area contributed by atoms with Gasteiger partial charge in [0.2, 0.25) is 5.91 Å². The van der Waals surface area contributed by atoms with Crippen molar-refractivity contribution in [2.24, 2.45) is 11.7 Å². The zero-order chi connectivity index (χ0) is 14.5. The van der Waals surface area contributed by atoms with Gasteiger partial charge in [-0.05, 0) is 43.7 Å². The number of nitrogens with zero attached hydrogens (tertiary/aromatic N) is 1. The number of benzene rings is 1. The zero-order valence-corrected chi connectivity index (χ0v) is 13.6. The van der Waals surface area contributed by atoms with E-state index in [9.17, 15) is 4.79 Å². The van der Waals surface area contributed by atoms with Gasteiger partial charge in [-0.15, -0.1) is 0 Å². The maximum Gasteiger partial charge on any atom is 0.222 e. The summed E-state index contributed by atoms with van der Waals surface area (Å²) in [7, 11) is 0. The molecule has 2 unspecified atom stereocenters. The van der Waals surface area contributed by atoms with Crippen molar-refractivity contribution < 1.29 is 4.79 Å². The number of likely N-dealkylation sites (tertiary alicyclic amines) is 1. The van der Waals surface area contributed by atoms with Crippen molar-refractivity contribution >= 4 is 21.8 Å². The lowest BCUT2D eigenvalue weighted by molar-refractivity contribution is -0.133. The van der Waals surface area contributed by atoms with Gasteiger partial charge in [0.25, 0.3) is 0 Å². The summed E-state index contributed by atoms with van der Waals surface area (Å²) in [5.41, 5.74) is 7.17. The Balaban J connectivity index is 1.87. The van der Waals surface area contributed by atoms with Gasteiger partial charge in [0.05, 0.1) is 0 Å². The van der Waals surface area contributed by atoms with Gasteiger partial charge in [0.15, 0.2) is 0 Å². The molecular formula is C16H23BrN2O. The number of halogens is 1. The maximum atomic E-state index is 12.3. The first-order chi connectivity index (χ1) is 9.58. The Bertz CT molecular complexity index is 462. The highest BCUT2D eigenvalue weighted by Gasteiger charge is 2.25. The smallest absolute Gasteiger partial charge is 0.222 e. The molecule has 0 aromatic heterocycles. The summed E-state index contributed by atoms with van der Waals surface area (Å²) in [5.74, 6) is 0.710. The number of aryl methyl sites for hydroxylation is 1. The van der Waals surface area contributed by atoms with E-state index in [0.29, 0.717) is 12.3 Å². The number of carbonyl (C=O) groups excluding carboxylic acids is 1. The van der Waals surface area contributed by atoms with Gasteiger partial charge in [0, 0.05) is 30.0 Å². The first kappa shape index (κ1) is 15.5. The minimum absolute atomic E-state index is 0.175. The van der Waals surface area contributed by atoms with Crippen LogP contribution in [0.1, 0.15) is 31.7 Å². The fourth-order valence-electron chi connectivity index (χ4n) is 2.77. The molecule has 1 amide bonds. The number of nitrogens with two attached hydrogens (primary N) is 1. The largest absolute Gasteiger partial charge is 0.342 e. The zero-order valence-electron chi connectivity index (χ0n) is 12.0. The number of rotatable bonds is 4. The maximum absolute atomic E-state index is 12.3. The molecule has 20 heavy (non-hydrogen) atoms. The van der Waals surface area contributed by atoms with Crippen LogP contribution in [-0.2, 0) is 11.2 Å². The number of carbonyl (C=O) groups is 1. The highest BCUT2D eigenvalue weighted by molar-refractivity contribution is 9.10. The first-order valence-corrected chi connectivity index (χ1v) is 8.14. The van der Waals surface area contributed by atoms with Gasteiger partial charge >= 0.3 is 0 Å². The standard InChI is InChI=1S/C16H23BrN2O/c1-12(18)14-6-4-10-19(11-14)16(20)9-8-13-5-2-3-7-15(13)17/h2-3,5,7,12,14H,4,6,8-11,18H2,1H3. The summed E-state index contributed by atoms with van der Waals surface area (Å²) in [6.45, 7) is 3.75. The van der Waals surface area contributed by atoms with Gasteiger partial charge in [-0.2, -0.15) is 0 Å². The highest BCUT2D eigenvalue weighted by Crippen LogP contribution is 2.21. The number of hydrogen-bond acceptors (Lipinski definition) is 2. The molecule has 0 bridgehead atoms. The average Bonchev–Trinajstić information content (AvgIpc) is 2.46. The lowest BCUT2D eigenvalue weighted by Crippen LogP contribution is -2.45. The molecular weight excluding hydrogens is 316 g/mol. The van der Waals surface area contributed by atoms with Crippen molar-refractivity contribution in [3.05, 3.63) is 34.3 Å². The highest BCUT2D eigenvalue weighted by atomic mass is 79.9. The molecule has 3 nitrogen and oxygen atoms in total. The molecule has 2 rings (SSSR count). The predicted octanol–water partition coefficient (Wildman–Crippen LogP) is 2.97. The molecule has 1 aromatic rings. The lowest BCUT2D eigenvalue weighted by atomic mass is 9.92. The topological polar surface area (TPSA) is 46.3 Å². The van der Waals surface area contributed by atoms with Crippen LogP contribution in [0.5, 0.6) is 0 Å². The summed E-state index contributed by atoms with van der Waals surface area (Å²) in [4.78, 5) is 14.3. The van der Waals surface area contributed by atoms with E-state index >= 15 is 0 Å². The van der Waals surface area contributed by atoms with E-state index in [1.54, 1.807) is 0 Å². The third-order valence-corrected chi connectivity index (χ3v) is 4.89. The van der Waals surface area contributed by atoms with Crippen molar-refractivity contribution in [3.8, 4) is 0 Å². The Morgan fingerprint density at radius 1 is 1.50 bits per heavy atom. The molecule has 1 heterocycles. The van der Waals surface area contributed by atoms with Crippen molar-refractivity contribution in [2.45, 2.75) is 38.6 Å². The monoisotopic (exact) mass is 338 g/mol. The molecule has 0 saturated carbocycles. The van der Waals surface area contributed by atoms with Gasteiger partial charge in [-0.1, -0.05) is 34.1 Å². The number of hydrogen-bond donors (Lipinski definition) is 1. The van der Waals surface area contributed by atoms with E-state index in [4.69, 9.17) is 5.73 Å². The molecule has 1 fully saturated rings. The second-order valence-electron chi connectivity index (χ2n) is 5.69. The molecule has 4 heteroatoms. The Labute approximate surface area is 129 Å². The molecule has 2 atom stereocenters. The minimum Gasteiger partial charge on any atom is -0.342 e. The van der Waals surface area contributed by atoms with Gasteiger partial charge in [-0.25, -0.2) is 0 Å². The Morgan fingerprint density at radius 2 is 2.25 bits per heavy atom. The summed E-state index contributed by atoms with van der Waals surface area (Å²) in [6, 6.07) is 8.27. The normalized spacial score (nSPS) is 20.8. The SMILES string of the molecule is CC(N)C1CCCN(C(=O)CCc2ccccc2Br)C1. The van der Waals surface area contributed by atoms with Gasteiger partial charge in [-0.3, -0.25) is 4.79 Å². The van der Waals surface area contributed by atoms with Gasteiger partial charge < -0.3 is 10.6 Å². The fourth-order valence-corrected chi connectivity index (χ4v) is 3.25. The second-order valence-corrected chi connectivity index (χ2v) is 6.55. The van der Waals surface area contributed by atoms with Crippen LogP contribution >= 0.6 is 15.9 Å². The van der Waals surface area contributed by atoms with Crippen molar-refractivity contribution in [3.63, 3.8) is 0 Å². The average molecular weight is 339 g/mol. The van der Waals surface area contributed by atoms with Crippen LogP contribution in [0, 0.1) is 5.92 Å². The van der Waals surface area contributed by atoms with Crippen LogP contribution in [0.2, 0.25) is 0 Å². The molecule has 1 aromatic carbocycles. The minimum atomic E-state index is 0.175. The molecule has 1 aliphatic rings.